The first kappa shape index (κ1) is 19.1. The number of benzene rings is 2. The van der Waals surface area contributed by atoms with E-state index >= 15 is 0 Å². The predicted octanol–water partition coefficient (Wildman–Crippen LogP) is 4.21. The molecule has 0 amide bonds. The zero-order valence-electron chi connectivity index (χ0n) is 16.0. The van der Waals surface area contributed by atoms with Crippen molar-refractivity contribution in [2.45, 2.75) is 12.5 Å². The molecule has 0 aliphatic heterocycles. The van der Waals surface area contributed by atoms with Gasteiger partial charge in [0, 0.05) is 25.9 Å². The lowest BCUT2D eigenvalue weighted by atomic mass is 10.1. The Balaban J connectivity index is 1.57. The van der Waals surface area contributed by atoms with Gasteiger partial charge in [0.15, 0.2) is 0 Å². The van der Waals surface area contributed by atoms with E-state index in [1.165, 1.54) is 23.5 Å². The predicted molar refractivity (Wildman–Crippen MR) is 111 cm³/mol. The van der Waals surface area contributed by atoms with E-state index in [4.69, 9.17) is 4.74 Å². The number of ether oxygens (including phenoxy) is 1. The molecule has 2 aromatic heterocycles. The molecular weight excluding hydrogens is 389 g/mol. The standard InChI is InChI=1S/C21H20FN5OS/c1-27-12-11-23-20(27)19(15-5-9-17(28-2)10-6-15)24-21-26-25-18(29-21)13-14-3-7-16(22)8-4-14/h3-12,19H,13H2,1-2H3,(H,24,26). The van der Waals surface area contributed by atoms with Gasteiger partial charge in [-0.1, -0.05) is 35.6 Å². The van der Waals surface area contributed by atoms with Gasteiger partial charge in [0.25, 0.3) is 0 Å². The van der Waals surface area contributed by atoms with Gasteiger partial charge >= 0.3 is 0 Å². The number of imidazole rings is 1. The molecule has 0 saturated heterocycles. The summed E-state index contributed by atoms with van der Waals surface area (Å²) < 4.78 is 20.3. The molecule has 6 nitrogen and oxygen atoms in total. The van der Waals surface area contributed by atoms with Gasteiger partial charge in [-0.2, -0.15) is 0 Å². The molecule has 8 heteroatoms. The van der Waals surface area contributed by atoms with Crippen molar-refractivity contribution in [2.24, 2.45) is 7.05 Å². The quantitative estimate of drug-likeness (QED) is 0.495. The van der Waals surface area contributed by atoms with Crippen molar-refractivity contribution in [3.8, 4) is 5.75 Å². The minimum absolute atomic E-state index is 0.187. The summed E-state index contributed by atoms with van der Waals surface area (Å²) in [6.45, 7) is 0. The third-order valence-corrected chi connectivity index (χ3v) is 5.42. The molecule has 148 valence electrons. The summed E-state index contributed by atoms with van der Waals surface area (Å²) in [4.78, 5) is 4.50. The number of aryl methyl sites for hydroxylation is 1. The number of hydrogen-bond acceptors (Lipinski definition) is 6. The minimum atomic E-state index is -0.245. The highest BCUT2D eigenvalue weighted by atomic mass is 32.1. The van der Waals surface area contributed by atoms with E-state index in [1.54, 1.807) is 25.4 Å². The van der Waals surface area contributed by atoms with E-state index < -0.39 is 0 Å². The molecule has 0 fully saturated rings. The van der Waals surface area contributed by atoms with Crippen molar-refractivity contribution < 1.29 is 9.13 Å². The highest BCUT2D eigenvalue weighted by Gasteiger charge is 2.20. The first-order valence-corrected chi connectivity index (χ1v) is 9.88. The molecule has 2 aromatic carbocycles. The number of aromatic nitrogens is 4. The topological polar surface area (TPSA) is 64.9 Å². The van der Waals surface area contributed by atoms with Crippen LogP contribution in [0.4, 0.5) is 9.52 Å². The molecule has 0 bridgehead atoms. The molecule has 1 atom stereocenters. The van der Waals surface area contributed by atoms with E-state index in [0.717, 1.165) is 27.7 Å². The van der Waals surface area contributed by atoms with E-state index in [1.807, 2.05) is 42.1 Å². The van der Waals surface area contributed by atoms with Gasteiger partial charge in [-0.25, -0.2) is 9.37 Å². The van der Waals surface area contributed by atoms with E-state index in [-0.39, 0.29) is 11.9 Å². The lowest BCUT2D eigenvalue weighted by Gasteiger charge is -2.18. The summed E-state index contributed by atoms with van der Waals surface area (Å²) in [7, 11) is 3.61. The van der Waals surface area contributed by atoms with E-state index in [9.17, 15) is 4.39 Å². The van der Waals surface area contributed by atoms with E-state index in [0.29, 0.717) is 11.6 Å². The van der Waals surface area contributed by atoms with Crippen LogP contribution in [-0.2, 0) is 13.5 Å². The Morgan fingerprint density at radius 2 is 1.86 bits per heavy atom. The first-order valence-electron chi connectivity index (χ1n) is 9.07. The molecule has 0 saturated carbocycles. The number of methoxy groups -OCH3 is 1. The molecule has 1 unspecified atom stereocenters. The Bertz CT molecular complexity index is 1080. The van der Waals surface area contributed by atoms with Crippen molar-refractivity contribution in [2.75, 3.05) is 12.4 Å². The Morgan fingerprint density at radius 3 is 2.52 bits per heavy atom. The van der Waals surface area contributed by atoms with Gasteiger partial charge in [-0.05, 0) is 35.4 Å². The van der Waals surface area contributed by atoms with Crippen LogP contribution in [0.15, 0.2) is 60.9 Å². The zero-order valence-corrected chi connectivity index (χ0v) is 16.9. The van der Waals surface area contributed by atoms with Crippen LogP contribution < -0.4 is 10.1 Å². The minimum Gasteiger partial charge on any atom is -0.497 e. The summed E-state index contributed by atoms with van der Waals surface area (Å²) in [6.07, 6.45) is 4.29. The van der Waals surface area contributed by atoms with Crippen LogP contribution in [0.3, 0.4) is 0 Å². The maximum absolute atomic E-state index is 13.1. The monoisotopic (exact) mass is 409 g/mol. The lowest BCUT2D eigenvalue weighted by molar-refractivity contribution is 0.414. The van der Waals surface area contributed by atoms with Crippen LogP contribution in [0.2, 0.25) is 0 Å². The Morgan fingerprint density at radius 1 is 1.10 bits per heavy atom. The van der Waals surface area contributed by atoms with Crippen LogP contribution >= 0.6 is 11.3 Å². The van der Waals surface area contributed by atoms with Crippen molar-refractivity contribution in [1.82, 2.24) is 19.7 Å². The Labute approximate surface area is 172 Å². The highest BCUT2D eigenvalue weighted by molar-refractivity contribution is 7.15. The van der Waals surface area contributed by atoms with Gasteiger partial charge in [0.1, 0.15) is 28.4 Å². The second-order valence-corrected chi connectivity index (χ2v) is 7.61. The maximum atomic E-state index is 13.1. The van der Waals surface area contributed by atoms with Gasteiger partial charge in [-0.3, -0.25) is 0 Å². The fourth-order valence-electron chi connectivity index (χ4n) is 3.03. The van der Waals surface area contributed by atoms with Crippen molar-refractivity contribution in [1.29, 1.82) is 0 Å². The van der Waals surface area contributed by atoms with Crippen molar-refractivity contribution >= 4 is 16.5 Å². The summed E-state index contributed by atoms with van der Waals surface area (Å²) in [5, 5.41) is 13.6. The number of halogens is 1. The average molecular weight is 409 g/mol. The normalized spacial score (nSPS) is 12.0. The van der Waals surface area contributed by atoms with Crippen molar-refractivity contribution in [3.05, 3.63) is 88.7 Å². The summed E-state index contributed by atoms with van der Waals surface area (Å²) in [5.41, 5.74) is 2.03. The zero-order chi connectivity index (χ0) is 20.2. The van der Waals surface area contributed by atoms with Crippen molar-refractivity contribution in [3.63, 3.8) is 0 Å². The molecule has 2 heterocycles. The second kappa shape index (κ2) is 8.40. The number of nitrogens with zero attached hydrogens (tertiary/aromatic N) is 4. The van der Waals surface area contributed by atoms with Crippen LogP contribution in [0.5, 0.6) is 5.75 Å². The summed E-state index contributed by atoms with van der Waals surface area (Å²) >= 11 is 1.48. The van der Waals surface area contributed by atoms with Gasteiger partial charge < -0.3 is 14.6 Å². The Hall–Kier alpha value is -3.26. The highest BCUT2D eigenvalue weighted by Crippen LogP contribution is 2.29. The van der Waals surface area contributed by atoms with Crippen LogP contribution in [-0.4, -0.2) is 26.9 Å². The molecule has 29 heavy (non-hydrogen) atoms. The van der Waals surface area contributed by atoms with Gasteiger partial charge in [0.2, 0.25) is 5.13 Å². The number of hydrogen-bond donors (Lipinski definition) is 1. The van der Waals surface area contributed by atoms with Gasteiger partial charge in [-0.15, -0.1) is 10.2 Å². The average Bonchev–Trinajstić information content (AvgIpc) is 3.36. The van der Waals surface area contributed by atoms with E-state index in [2.05, 4.69) is 20.5 Å². The molecule has 0 aliphatic rings. The molecule has 0 aliphatic carbocycles. The molecule has 4 rings (SSSR count). The van der Waals surface area contributed by atoms with Crippen LogP contribution in [0.1, 0.15) is 28.0 Å². The molecule has 0 radical (unpaired) electrons. The number of rotatable bonds is 7. The third kappa shape index (κ3) is 4.43. The SMILES string of the molecule is COc1ccc(C(Nc2nnc(Cc3ccc(F)cc3)s2)c2nccn2C)cc1. The van der Waals surface area contributed by atoms with Crippen LogP contribution in [0.25, 0.3) is 0 Å². The maximum Gasteiger partial charge on any atom is 0.206 e. The third-order valence-electron chi connectivity index (χ3n) is 4.57. The largest absolute Gasteiger partial charge is 0.497 e. The number of anilines is 1. The molecule has 4 aromatic rings. The molecular formula is C21H20FN5OS. The summed E-state index contributed by atoms with van der Waals surface area (Å²) in [5.74, 6) is 1.42. The fourth-order valence-corrected chi connectivity index (χ4v) is 3.83. The molecule has 1 N–H and O–H groups in total. The van der Waals surface area contributed by atoms with Crippen LogP contribution in [0, 0.1) is 5.82 Å². The number of nitrogens with one attached hydrogen (secondary N) is 1. The second-order valence-electron chi connectivity index (χ2n) is 6.55. The summed E-state index contributed by atoms with van der Waals surface area (Å²) in [6, 6.07) is 14.1. The smallest absolute Gasteiger partial charge is 0.206 e. The molecule has 0 spiro atoms. The first-order chi connectivity index (χ1) is 14.1. The Kier molecular flexibility index (Phi) is 5.53. The van der Waals surface area contributed by atoms with Gasteiger partial charge in [0.05, 0.1) is 7.11 Å². The lowest BCUT2D eigenvalue weighted by Crippen LogP contribution is -2.16. The fraction of sp³-hybridized carbons (Fsp3) is 0.190.